The van der Waals surface area contributed by atoms with Crippen LogP contribution in [0.1, 0.15) is 41.2 Å². The van der Waals surface area contributed by atoms with E-state index in [1.54, 1.807) is 16.3 Å². The molecule has 3 aromatic rings. The predicted molar refractivity (Wildman–Crippen MR) is 110 cm³/mol. The fraction of sp³-hybridized carbons (Fsp3) is 0.316. The smallest absolute Gasteiger partial charge is 0.252 e. The number of hydrazone groups is 1. The van der Waals surface area contributed by atoms with Crippen molar-refractivity contribution in [2.75, 3.05) is 12.1 Å². The lowest BCUT2D eigenvalue weighted by molar-refractivity contribution is 0.905. The molecule has 1 aliphatic rings. The van der Waals surface area contributed by atoms with E-state index in [4.69, 9.17) is 16.7 Å². The Hall–Kier alpha value is -2.18. The van der Waals surface area contributed by atoms with Gasteiger partial charge in [0.15, 0.2) is 0 Å². The minimum Gasteiger partial charge on any atom is -0.254 e. The number of hydrogen-bond acceptors (Lipinski definition) is 5. The van der Waals surface area contributed by atoms with Gasteiger partial charge in [-0.3, -0.25) is 4.57 Å². The van der Waals surface area contributed by atoms with Crippen molar-refractivity contribution in [1.29, 1.82) is 0 Å². The first-order valence-electron chi connectivity index (χ1n) is 8.58. The molecule has 2 aromatic heterocycles. The molecule has 26 heavy (non-hydrogen) atoms. The predicted octanol–water partition coefficient (Wildman–Crippen LogP) is 5.14. The molecule has 0 aliphatic carbocycles. The molecule has 4 rings (SSSR count). The van der Waals surface area contributed by atoms with Crippen LogP contribution in [0, 0.1) is 20.8 Å². The van der Waals surface area contributed by atoms with E-state index < -0.39 is 0 Å². The highest BCUT2D eigenvalue weighted by Gasteiger charge is 2.28. The van der Waals surface area contributed by atoms with E-state index in [2.05, 4.69) is 28.6 Å². The molecule has 136 valence electrons. The minimum atomic E-state index is 0.716. The summed E-state index contributed by atoms with van der Waals surface area (Å²) in [6.07, 6.45) is 0. The van der Waals surface area contributed by atoms with E-state index in [1.165, 1.54) is 10.4 Å². The van der Waals surface area contributed by atoms with Crippen molar-refractivity contribution in [3.8, 4) is 5.00 Å². The fourth-order valence-electron chi connectivity index (χ4n) is 2.90. The molecule has 0 amide bonds. The molecule has 1 aromatic carbocycles. The summed E-state index contributed by atoms with van der Waals surface area (Å²) in [5.74, 6) is 1.57. The van der Waals surface area contributed by atoms with Crippen molar-refractivity contribution < 1.29 is 0 Å². The molecular formula is C19H22ClN5S. The molecule has 1 aliphatic heterocycles. The maximum atomic E-state index is 6.05. The Kier molecular flexibility index (Phi) is 5.16. The molecule has 0 atom stereocenters. The highest BCUT2D eigenvalue weighted by Crippen LogP contribution is 2.37. The van der Waals surface area contributed by atoms with Gasteiger partial charge in [-0.1, -0.05) is 37.6 Å². The largest absolute Gasteiger partial charge is 0.254 e. The lowest BCUT2D eigenvalue weighted by atomic mass is 10.00. The number of fused-ring (bicyclic) bond motifs is 3. The maximum Gasteiger partial charge on any atom is 0.252 e. The van der Waals surface area contributed by atoms with Gasteiger partial charge in [0.1, 0.15) is 16.5 Å². The Balaban J connectivity index is 0.000000948. The van der Waals surface area contributed by atoms with Crippen LogP contribution in [0.25, 0.3) is 5.00 Å². The van der Waals surface area contributed by atoms with Gasteiger partial charge >= 0.3 is 0 Å². The summed E-state index contributed by atoms with van der Waals surface area (Å²) < 4.78 is 2.08. The van der Waals surface area contributed by atoms with Crippen LogP contribution in [0.2, 0.25) is 5.02 Å². The van der Waals surface area contributed by atoms with Gasteiger partial charge < -0.3 is 0 Å². The Labute approximate surface area is 162 Å². The van der Waals surface area contributed by atoms with E-state index in [9.17, 15) is 0 Å². The van der Waals surface area contributed by atoms with Gasteiger partial charge in [0.05, 0.1) is 0 Å². The number of rotatable bonds is 1. The average molecular weight is 388 g/mol. The summed E-state index contributed by atoms with van der Waals surface area (Å²) in [6.45, 7) is 10.2. The minimum absolute atomic E-state index is 0.716. The van der Waals surface area contributed by atoms with Crippen molar-refractivity contribution in [2.45, 2.75) is 34.6 Å². The summed E-state index contributed by atoms with van der Waals surface area (Å²) in [5, 5.41) is 17.0. The second-order valence-corrected chi connectivity index (χ2v) is 7.46. The number of anilines is 1. The number of aryl methyl sites for hydroxylation is 2. The van der Waals surface area contributed by atoms with E-state index in [0.29, 0.717) is 5.02 Å². The topological polar surface area (TPSA) is 46.3 Å². The lowest BCUT2D eigenvalue weighted by Gasteiger charge is -2.11. The molecule has 5 nitrogen and oxygen atoms in total. The third-order valence-corrected chi connectivity index (χ3v) is 5.72. The number of aromatic nitrogens is 3. The van der Waals surface area contributed by atoms with Gasteiger partial charge in [-0.05, 0) is 38.5 Å². The molecule has 0 fully saturated rings. The first-order chi connectivity index (χ1) is 12.5. The first-order valence-corrected chi connectivity index (χ1v) is 9.78. The Morgan fingerprint density at radius 3 is 2.31 bits per heavy atom. The Bertz CT molecular complexity index is 969. The summed E-state index contributed by atoms with van der Waals surface area (Å²) in [4.78, 5) is 1.27. The highest BCUT2D eigenvalue weighted by atomic mass is 35.5. The molecule has 3 heterocycles. The van der Waals surface area contributed by atoms with Crippen molar-refractivity contribution >= 4 is 34.6 Å². The number of nitrogens with zero attached hydrogens (tertiary/aromatic N) is 5. The second-order valence-electron chi connectivity index (χ2n) is 5.83. The number of halogens is 1. The number of thiophene rings is 1. The Morgan fingerprint density at radius 2 is 1.65 bits per heavy atom. The van der Waals surface area contributed by atoms with Crippen LogP contribution in [0.15, 0.2) is 29.4 Å². The van der Waals surface area contributed by atoms with Gasteiger partial charge in [-0.2, -0.15) is 5.10 Å². The molecule has 0 saturated carbocycles. The lowest BCUT2D eigenvalue weighted by Crippen LogP contribution is -2.15. The first kappa shape index (κ1) is 18.6. The van der Waals surface area contributed by atoms with Gasteiger partial charge in [-0.25, -0.2) is 5.01 Å². The van der Waals surface area contributed by atoms with Crippen LogP contribution in [-0.4, -0.2) is 27.5 Å². The van der Waals surface area contributed by atoms with Gasteiger partial charge in [0.25, 0.3) is 5.95 Å². The Morgan fingerprint density at radius 1 is 1.00 bits per heavy atom. The summed E-state index contributed by atoms with van der Waals surface area (Å²) in [6, 6.07) is 7.79. The molecule has 0 spiro atoms. The number of benzene rings is 1. The standard InChI is InChI=1S/C17H16ClN5S.C2H6/c1-9-10(2)24-16-14(9)15(12-5-7-13(18)8-6-12)21-22(4)17-20-19-11(3)23(16)17;1-2/h5-8H,1-4H3;1-2H3. The second kappa shape index (κ2) is 7.21. The maximum absolute atomic E-state index is 6.05. The third kappa shape index (κ3) is 2.93. The molecule has 0 unspecified atom stereocenters. The van der Waals surface area contributed by atoms with Crippen molar-refractivity contribution in [3.63, 3.8) is 0 Å². The quantitative estimate of drug-likeness (QED) is 0.581. The molecule has 0 saturated heterocycles. The van der Waals surface area contributed by atoms with Crippen LogP contribution < -0.4 is 5.01 Å². The zero-order chi connectivity index (χ0) is 19.0. The highest BCUT2D eigenvalue weighted by molar-refractivity contribution is 7.15. The van der Waals surface area contributed by atoms with Crippen LogP contribution in [0.5, 0.6) is 0 Å². The summed E-state index contributed by atoms with van der Waals surface area (Å²) in [7, 11) is 1.90. The number of hydrogen-bond donors (Lipinski definition) is 0. The zero-order valence-corrected chi connectivity index (χ0v) is 17.4. The molecule has 0 radical (unpaired) electrons. The van der Waals surface area contributed by atoms with Crippen molar-refractivity contribution in [1.82, 2.24) is 14.8 Å². The third-order valence-electron chi connectivity index (χ3n) is 4.27. The zero-order valence-electron chi connectivity index (χ0n) is 15.8. The molecule has 7 heteroatoms. The molecule has 0 N–H and O–H groups in total. The van der Waals surface area contributed by atoms with Crippen LogP contribution in [-0.2, 0) is 0 Å². The van der Waals surface area contributed by atoms with Gasteiger partial charge in [-0.15, -0.1) is 21.5 Å². The van der Waals surface area contributed by atoms with Crippen LogP contribution in [0.4, 0.5) is 5.95 Å². The van der Waals surface area contributed by atoms with E-state index in [0.717, 1.165) is 33.6 Å². The van der Waals surface area contributed by atoms with E-state index in [-0.39, 0.29) is 0 Å². The van der Waals surface area contributed by atoms with Gasteiger partial charge in [0.2, 0.25) is 0 Å². The van der Waals surface area contributed by atoms with Crippen molar-refractivity contribution in [3.05, 3.63) is 56.7 Å². The summed E-state index contributed by atoms with van der Waals surface area (Å²) >= 11 is 7.80. The van der Waals surface area contributed by atoms with Crippen LogP contribution >= 0.6 is 22.9 Å². The van der Waals surface area contributed by atoms with Crippen LogP contribution in [0.3, 0.4) is 0 Å². The summed E-state index contributed by atoms with van der Waals surface area (Å²) in [5.41, 5.74) is 4.33. The monoisotopic (exact) mass is 387 g/mol. The molecular weight excluding hydrogens is 366 g/mol. The van der Waals surface area contributed by atoms with Gasteiger partial charge in [0, 0.05) is 28.1 Å². The van der Waals surface area contributed by atoms with Crippen molar-refractivity contribution in [2.24, 2.45) is 5.10 Å². The fourth-order valence-corrected chi connectivity index (χ4v) is 4.23. The SMILES string of the molecule is CC.Cc1sc2c(c1C)C(c1ccc(Cl)cc1)=NN(C)c1nnc(C)n1-2. The average Bonchev–Trinajstić information content (AvgIpc) is 3.12. The molecule has 0 bridgehead atoms. The van der Waals surface area contributed by atoms with E-state index >= 15 is 0 Å². The normalized spacial score (nSPS) is 12.6. The van der Waals surface area contributed by atoms with E-state index in [1.807, 2.05) is 52.1 Å².